The fourth-order valence-electron chi connectivity index (χ4n) is 1.46. The van der Waals surface area contributed by atoms with Crippen molar-refractivity contribution in [3.63, 3.8) is 0 Å². The standard InChI is InChI=1S/C11H13N3O4S/c1-8-3-4-10(7-11(8)14(15)16)19(17,18)13-9(2)5-6-12/h3-4,7,9,13H,5H2,1-2H3. The molecule has 7 nitrogen and oxygen atoms in total. The van der Waals surface area contributed by atoms with E-state index in [4.69, 9.17) is 5.26 Å². The van der Waals surface area contributed by atoms with Crippen LogP contribution in [0.4, 0.5) is 5.69 Å². The monoisotopic (exact) mass is 283 g/mol. The molecule has 8 heteroatoms. The number of nitrogens with zero attached hydrogens (tertiary/aromatic N) is 2. The predicted molar refractivity (Wildman–Crippen MR) is 67.8 cm³/mol. The van der Waals surface area contributed by atoms with Crippen LogP contribution >= 0.6 is 0 Å². The van der Waals surface area contributed by atoms with E-state index in [0.717, 1.165) is 6.07 Å². The van der Waals surface area contributed by atoms with E-state index in [1.807, 2.05) is 6.07 Å². The van der Waals surface area contributed by atoms with Crippen LogP contribution in [-0.4, -0.2) is 19.4 Å². The molecule has 0 aliphatic carbocycles. The first-order valence-electron chi connectivity index (χ1n) is 5.42. The molecule has 0 bridgehead atoms. The summed E-state index contributed by atoms with van der Waals surface area (Å²) in [6.07, 6.45) is 0.0210. The molecular weight excluding hydrogens is 270 g/mol. The largest absolute Gasteiger partial charge is 0.273 e. The number of sulfonamides is 1. The van der Waals surface area contributed by atoms with Gasteiger partial charge in [0.05, 0.1) is 22.3 Å². The summed E-state index contributed by atoms with van der Waals surface area (Å²) in [4.78, 5) is 9.96. The second-order valence-electron chi connectivity index (χ2n) is 4.09. The third-order valence-electron chi connectivity index (χ3n) is 2.44. The summed E-state index contributed by atoms with van der Waals surface area (Å²) in [5.74, 6) is 0. The third-order valence-corrected chi connectivity index (χ3v) is 4.03. The van der Waals surface area contributed by atoms with Gasteiger partial charge < -0.3 is 0 Å². The lowest BCUT2D eigenvalue weighted by Crippen LogP contribution is -2.32. The molecule has 1 unspecified atom stereocenters. The SMILES string of the molecule is Cc1ccc(S(=O)(=O)NC(C)CC#N)cc1[N+](=O)[O-]. The maximum atomic E-state index is 12.0. The van der Waals surface area contributed by atoms with Crippen molar-refractivity contribution < 1.29 is 13.3 Å². The Labute approximate surface area is 111 Å². The minimum Gasteiger partial charge on any atom is -0.258 e. The highest BCUT2D eigenvalue weighted by Crippen LogP contribution is 2.22. The molecule has 1 N–H and O–H groups in total. The molecule has 0 aromatic heterocycles. The Morgan fingerprint density at radius 2 is 2.16 bits per heavy atom. The van der Waals surface area contributed by atoms with E-state index in [2.05, 4.69) is 4.72 Å². The van der Waals surface area contributed by atoms with Crippen molar-refractivity contribution in [3.8, 4) is 6.07 Å². The van der Waals surface area contributed by atoms with Crippen LogP contribution in [0.1, 0.15) is 18.9 Å². The van der Waals surface area contributed by atoms with E-state index in [-0.39, 0.29) is 17.0 Å². The zero-order valence-corrected chi connectivity index (χ0v) is 11.3. The van der Waals surface area contributed by atoms with E-state index in [0.29, 0.717) is 5.56 Å². The summed E-state index contributed by atoms with van der Waals surface area (Å²) >= 11 is 0. The summed E-state index contributed by atoms with van der Waals surface area (Å²) in [6, 6.07) is 4.97. The second-order valence-corrected chi connectivity index (χ2v) is 5.80. The van der Waals surface area contributed by atoms with Crippen molar-refractivity contribution in [3.05, 3.63) is 33.9 Å². The third kappa shape index (κ3) is 3.74. The molecule has 1 atom stereocenters. The van der Waals surface area contributed by atoms with Gasteiger partial charge in [-0.3, -0.25) is 10.1 Å². The number of rotatable bonds is 5. The van der Waals surface area contributed by atoms with Gasteiger partial charge in [0.15, 0.2) is 0 Å². The lowest BCUT2D eigenvalue weighted by Gasteiger charge is -2.11. The molecule has 0 spiro atoms. The van der Waals surface area contributed by atoms with Gasteiger partial charge in [-0.25, -0.2) is 13.1 Å². The number of nitro benzene ring substituents is 1. The average Bonchev–Trinajstić information content (AvgIpc) is 2.28. The van der Waals surface area contributed by atoms with Crippen LogP contribution < -0.4 is 4.72 Å². The van der Waals surface area contributed by atoms with Gasteiger partial charge in [0, 0.05) is 17.7 Å². The van der Waals surface area contributed by atoms with Crippen LogP contribution in [0, 0.1) is 28.4 Å². The zero-order chi connectivity index (χ0) is 14.6. The van der Waals surface area contributed by atoms with Crippen LogP contribution in [0.25, 0.3) is 0 Å². The molecule has 1 rings (SSSR count). The fourth-order valence-corrected chi connectivity index (χ4v) is 2.73. The van der Waals surface area contributed by atoms with Crippen molar-refractivity contribution in [2.45, 2.75) is 31.2 Å². The number of nitrogens with one attached hydrogen (secondary N) is 1. The molecule has 0 saturated carbocycles. The van der Waals surface area contributed by atoms with Crippen molar-refractivity contribution in [1.82, 2.24) is 4.72 Å². The fraction of sp³-hybridized carbons (Fsp3) is 0.364. The van der Waals surface area contributed by atoms with Crippen LogP contribution in [0.15, 0.2) is 23.1 Å². The first-order valence-corrected chi connectivity index (χ1v) is 6.90. The number of hydrogen-bond donors (Lipinski definition) is 1. The van der Waals surface area contributed by atoms with E-state index < -0.39 is 21.0 Å². The average molecular weight is 283 g/mol. The van der Waals surface area contributed by atoms with E-state index in [1.54, 1.807) is 6.92 Å². The van der Waals surface area contributed by atoms with E-state index in [1.165, 1.54) is 19.1 Å². The first kappa shape index (κ1) is 15.1. The van der Waals surface area contributed by atoms with Crippen molar-refractivity contribution in [2.24, 2.45) is 0 Å². The molecule has 102 valence electrons. The van der Waals surface area contributed by atoms with Gasteiger partial charge in [0.1, 0.15) is 0 Å². The van der Waals surface area contributed by atoms with Crippen molar-refractivity contribution in [1.29, 1.82) is 5.26 Å². The minimum atomic E-state index is -3.86. The Balaban J connectivity index is 3.13. The van der Waals surface area contributed by atoms with Gasteiger partial charge in [-0.2, -0.15) is 5.26 Å². The maximum Gasteiger partial charge on any atom is 0.273 e. The maximum absolute atomic E-state index is 12.0. The number of nitriles is 1. The molecule has 0 heterocycles. The van der Waals surface area contributed by atoms with Gasteiger partial charge in [0.2, 0.25) is 10.0 Å². The number of benzene rings is 1. The lowest BCUT2D eigenvalue weighted by atomic mass is 10.2. The highest BCUT2D eigenvalue weighted by molar-refractivity contribution is 7.89. The van der Waals surface area contributed by atoms with Crippen molar-refractivity contribution >= 4 is 15.7 Å². The van der Waals surface area contributed by atoms with Gasteiger partial charge in [0.25, 0.3) is 5.69 Å². The highest BCUT2D eigenvalue weighted by atomic mass is 32.2. The molecule has 0 aliphatic heterocycles. The molecule has 0 fully saturated rings. The topological polar surface area (TPSA) is 113 Å². The molecule has 1 aromatic rings. The highest BCUT2D eigenvalue weighted by Gasteiger charge is 2.21. The van der Waals surface area contributed by atoms with Crippen LogP contribution in [0.2, 0.25) is 0 Å². The molecule has 0 amide bonds. The Kier molecular flexibility index (Phi) is 4.58. The minimum absolute atomic E-state index is 0.0210. The smallest absolute Gasteiger partial charge is 0.258 e. The van der Waals surface area contributed by atoms with E-state index in [9.17, 15) is 18.5 Å². The Morgan fingerprint density at radius 1 is 1.53 bits per heavy atom. The molecule has 19 heavy (non-hydrogen) atoms. The van der Waals surface area contributed by atoms with Crippen molar-refractivity contribution in [2.75, 3.05) is 0 Å². The first-order chi connectivity index (χ1) is 8.77. The van der Waals surface area contributed by atoms with Gasteiger partial charge in [-0.15, -0.1) is 0 Å². The summed E-state index contributed by atoms with van der Waals surface area (Å²) in [5.41, 5.74) is 0.129. The van der Waals surface area contributed by atoms with Crippen LogP contribution in [0.5, 0.6) is 0 Å². The molecule has 1 aromatic carbocycles. The Bertz CT molecular complexity index is 634. The summed E-state index contributed by atoms with van der Waals surface area (Å²) in [5, 5.41) is 19.3. The quantitative estimate of drug-likeness (QED) is 0.649. The zero-order valence-electron chi connectivity index (χ0n) is 10.5. The lowest BCUT2D eigenvalue weighted by molar-refractivity contribution is -0.385. The van der Waals surface area contributed by atoms with Crippen LogP contribution in [0.3, 0.4) is 0 Å². The summed E-state index contributed by atoms with van der Waals surface area (Å²) < 4.78 is 26.2. The molecule has 0 aliphatic rings. The molecular formula is C11H13N3O4S. The Hall–Kier alpha value is -1.98. The normalized spacial score (nSPS) is 12.7. The van der Waals surface area contributed by atoms with Gasteiger partial charge >= 0.3 is 0 Å². The van der Waals surface area contributed by atoms with E-state index >= 15 is 0 Å². The molecule has 0 saturated heterocycles. The van der Waals surface area contributed by atoms with Gasteiger partial charge in [-0.05, 0) is 19.9 Å². The van der Waals surface area contributed by atoms with Gasteiger partial charge in [-0.1, -0.05) is 6.07 Å². The number of nitro groups is 1. The predicted octanol–water partition coefficient (Wildman–Crippen LogP) is 1.48. The number of hydrogen-bond acceptors (Lipinski definition) is 5. The Morgan fingerprint density at radius 3 is 2.68 bits per heavy atom. The number of aryl methyl sites for hydroxylation is 1. The second kappa shape index (κ2) is 5.77. The van der Waals surface area contributed by atoms with Crippen LogP contribution in [-0.2, 0) is 10.0 Å². The summed E-state index contributed by atoms with van der Waals surface area (Å²) in [7, 11) is -3.86. The summed E-state index contributed by atoms with van der Waals surface area (Å²) in [6.45, 7) is 3.07. The molecule has 0 radical (unpaired) electrons.